The van der Waals surface area contributed by atoms with E-state index in [2.05, 4.69) is 56.9 Å². The first kappa shape index (κ1) is 17.9. The first-order valence-electron chi connectivity index (χ1n) is 7.41. The van der Waals surface area contributed by atoms with Gasteiger partial charge in [0.05, 0.1) is 0 Å². The summed E-state index contributed by atoms with van der Waals surface area (Å²) >= 11 is 0. The Bertz CT molecular complexity index is 388. The molecule has 0 atom stereocenters. The molecule has 1 aromatic rings. The van der Waals surface area contributed by atoms with E-state index in [0.29, 0.717) is 0 Å². The fraction of sp³-hybridized carbons (Fsp3) is 0.647. The van der Waals surface area contributed by atoms with E-state index >= 15 is 0 Å². The van der Waals surface area contributed by atoms with Gasteiger partial charge in [0.25, 0.3) is 0 Å². The summed E-state index contributed by atoms with van der Waals surface area (Å²) in [5, 5.41) is 0. The number of aryl methyl sites for hydroxylation is 1. The van der Waals surface area contributed by atoms with Gasteiger partial charge in [-0.15, -0.1) is 10.8 Å². The molecule has 3 heteroatoms. The zero-order valence-corrected chi connectivity index (χ0v) is 15.3. The molecule has 116 valence electrons. The van der Waals surface area contributed by atoms with Crippen molar-refractivity contribution >= 4 is 19.9 Å². The van der Waals surface area contributed by atoms with Crippen molar-refractivity contribution in [1.82, 2.24) is 0 Å². The molecule has 0 aliphatic rings. The van der Waals surface area contributed by atoms with E-state index in [9.17, 15) is 0 Å². The van der Waals surface area contributed by atoms with Crippen LogP contribution in [0.5, 0.6) is 0 Å². The van der Waals surface area contributed by atoms with Crippen LogP contribution in [0.2, 0.25) is 0 Å². The van der Waals surface area contributed by atoms with Gasteiger partial charge in [-0.05, 0) is 66.5 Å². The highest BCUT2D eigenvalue weighted by molar-refractivity contribution is 8.93. The van der Waals surface area contributed by atoms with Crippen LogP contribution in [0, 0.1) is 5.92 Å². The van der Waals surface area contributed by atoms with Gasteiger partial charge in [0.2, 0.25) is 0 Å². The molecular formula is C17H30OS2. The number of benzene rings is 1. The summed E-state index contributed by atoms with van der Waals surface area (Å²) in [6, 6.07) is 9.11. The molecular weight excluding hydrogens is 284 g/mol. The zero-order chi connectivity index (χ0) is 15.0. The Morgan fingerprint density at radius 1 is 1.20 bits per heavy atom. The molecule has 0 heterocycles. The topological polar surface area (TPSA) is 9.23 Å². The predicted octanol–water partition coefficient (Wildman–Crippen LogP) is 5.38. The second-order valence-electron chi connectivity index (χ2n) is 5.95. The predicted molar refractivity (Wildman–Crippen MR) is 96.3 cm³/mol. The minimum absolute atomic E-state index is 0.684. The summed E-state index contributed by atoms with van der Waals surface area (Å²) in [6.45, 7) is 6.27. The Labute approximate surface area is 130 Å². The standard InChI is InChI=1S/C17H30OS2/c1-15(2)11-13-18-12-7-9-16-8-6-10-17(14-16)20(4,5)19-3/h6,8,10,14-15H,7,9,11-13H2,1-5H3. The lowest BCUT2D eigenvalue weighted by molar-refractivity contribution is 0.121. The van der Waals surface area contributed by atoms with Crippen molar-refractivity contribution < 1.29 is 4.74 Å². The van der Waals surface area contributed by atoms with E-state index < -0.39 is 9.06 Å². The summed E-state index contributed by atoms with van der Waals surface area (Å²) in [7, 11) is 1.30. The van der Waals surface area contributed by atoms with E-state index in [4.69, 9.17) is 4.74 Å². The Morgan fingerprint density at radius 2 is 1.95 bits per heavy atom. The highest BCUT2D eigenvalue weighted by Gasteiger charge is 2.13. The van der Waals surface area contributed by atoms with Gasteiger partial charge in [0.15, 0.2) is 0 Å². The third-order valence-corrected chi connectivity index (χ3v) is 8.78. The maximum absolute atomic E-state index is 5.69. The van der Waals surface area contributed by atoms with Crippen LogP contribution in [0.4, 0.5) is 0 Å². The fourth-order valence-corrected chi connectivity index (χ4v) is 3.82. The zero-order valence-electron chi connectivity index (χ0n) is 13.6. The van der Waals surface area contributed by atoms with Gasteiger partial charge in [-0.2, -0.15) is 9.06 Å². The fourth-order valence-electron chi connectivity index (χ4n) is 1.90. The van der Waals surface area contributed by atoms with Gasteiger partial charge in [-0.25, -0.2) is 0 Å². The van der Waals surface area contributed by atoms with Crippen LogP contribution in [0.3, 0.4) is 0 Å². The maximum atomic E-state index is 5.69. The van der Waals surface area contributed by atoms with Crippen molar-refractivity contribution in [1.29, 1.82) is 0 Å². The summed E-state index contributed by atoms with van der Waals surface area (Å²) in [4.78, 5) is 1.50. The molecule has 0 unspecified atom stereocenters. The second kappa shape index (κ2) is 9.01. The second-order valence-corrected chi connectivity index (χ2v) is 12.7. The van der Waals surface area contributed by atoms with Gasteiger partial charge in [-0.1, -0.05) is 26.0 Å². The van der Waals surface area contributed by atoms with E-state index in [1.54, 1.807) is 0 Å². The summed E-state index contributed by atoms with van der Waals surface area (Å²) in [5.74, 6) is 0.739. The summed E-state index contributed by atoms with van der Waals surface area (Å²) in [5.41, 5.74) is 1.45. The molecule has 0 saturated heterocycles. The van der Waals surface area contributed by atoms with Crippen LogP contribution < -0.4 is 0 Å². The lowest BCUT2D eigenvalue weighted by atomic mass is 10.1. The first-order chi connectivity index (χ1) is 9.45. The molecule has 0 radical (unpaired) electrons. The highest BCUT2D eigenvalue weighted by Crippen LogP contribution is 2.59. The van der Waals surface area contributed by atoms with Gasteiger partial charge in [-0.3, -0.25) is 0 Å². The molecule has 0 fully saturated rings. The molecule has 0 amide bonds. The largest absolute Gasteiger partial charge is 0.381 e. The average Bonchev–Trinajstić information content (AvgIpc) is 2.42. The Balaban J connectivity index is 2.36. The normalized spacial score (nSPS) is 12.9. The molecule has 0 aromatic heterocycles. The van der Waals surface area contributed by atoms with Crippen LogP contribution in [0.1, 0.15) is 32.3 Å². The van der Waals surface area contributed by atoms with Crippen molar-refractivity contribution in [2.45, 2.75) is 38.0 Å². The van der Waals surface area contributed by atoms with Crippen molar-refractivity contribution in [3.05, 3.63) is 29.8 Å². The molecule has 0 aliphatic heterocycles. The van der Waals surface area contributed by atoms with Gasteiger partial charge < -0.3 is 4.74 Å². The van der Waals surface area contributed by atoms with E-state index in [0.717, 1.165) is 32.0 Å². The van der Waals surface area contributed by atoms with Crippen molar-refractivity contribution in [2.24, 2.45) is 5.92 Å². The van der Waals surface area contributed by atoms with Crippen molar-refractivity contribution in [2.75, 3.05) is 32.0 Å². The van der Waals surface area contributed by atoms with Crippen LogP contribution >= 0.6 is 19.9 Å². The molecule has 1 aromatic carbocycles. The molecule has 1 nitrogen and oxygen atoms in total. The minimum atomic E-state index is -0.684. The smallest absolute Gasteiger partial charge is 0.0469 e. The molecule has 0 aliphatic carbocycles. The SMILES string of the molecule is CSS(C)(C)c1cccc(CCCOCCC(C)C)c1. The van der Waals surface area contributed by atoms with E-state index in [1.165, 1.54) is 16.9 Å². The molecule has 1 rings (SSSR count). The monoisotopic (exact) mass is 314 g/mol. The summed E-state index contributed by atoms with van der Waals surface area (Å²) in [6.07, 6.45) is 10.4. The van der Waals surface area contributed by atoms with Gasteiger partial charge in [0, 0.05) is 13.2 Å². The Hall–Kier alpha value is -0.120. The maximum Gasteiger partial charge on any atom is 0.0469 e. The average molecular weight is 315 g/mol. The lowest BCUT2D eigenvalue weighted by Gasteiger charge is -2.29. The molecule has 0 N–H and O–H groups in total. The number of hydrogen-bond acceptors (Lipinski definition) is 2. The van der Waals surface area contributed by atoms with E-state index in [1.807, 2.05) is 10.8 Å². The molecule has 20 heavy (non-hydrogen) atoms. The van der Waals surface area contributed by atoms with Gasteiger partial charge >= 0.3 is 0 Å². The molecule has 0 bridgehead atoms. The minimum Gasteiger partial charge on any atom is -0.381 e. The third-order valence-electron chi connectivity index (χ3n) is 3.48. The first-order valence-corrected chi connectivity index (χ1v) is 11.6. The van der Waals surface area contributed by atoms with Crippen LogP contribution in [-0.4, -0.2) is 32.0 Å². The lowest BCUT2D eigenvalue weighted by Crippen LogP contribution is -2.02. The van der Waals surface area contributed by atoms with E-state index in [-0.39, 0.29) is 0 Å². The highest BCUT2D eigenvalue weighted by atomic mass is 33.2. The number of hydrogen-bond donors (Lipinski definition) is 0. The van der Waals surface area contributed by atoms with Crippen molar-refractivity contribution in [3.63, 3.8) is 0 Å². The Morgan fingerprint density at radius 3 is 2.60 bits per heavy atom. The summed E-state index contributed by atoms with van der Waals surface area (Å²) < 4.78 is 5.69. The third kappa shape index (κ3) is 6.55. The van der Waals surface area contributed by atoms with Crippen molar-refractivity contribution in [3.8, 4) is 0 Å². The Kier molecular flexibility index (Phi) is 8.08. The van der Waals surface area contributed by atoms with Crippen LogP contribution in [-0.2, 0) is 11.2 Å². The van der Waals surface area contributed by atoms with Gasteiger partial charge in [0.1, 0.15) is 0 Å². The molecule has 0 spiro atoms. The molecule has 0 saturated carbocycles. The quantitative estimate of drug-likeness (QED) is 0.447. The van der Waals surface area contributed by atoms with Crippen LogP contribution in [0.15, 0.2) is 29.2 Å². The number of rotatable bonds is 9. The number of ether oxygens (including phenoxy) is 1. The van der Waals surface area contributed by atoms with Crippen LogP contribution in [0.25, 0.3) is 0 Å².